The van der Waals surface area contributed by atoms with E-state index in [9.17, 15) is 14.3 Å². The number of rotatable bonds is 7. The number of hydroxylamine groups is 2. The van der Waals surface area contributed by atoms with Crippen LogP contribution in [0.4, 0.5) is 4.39 Å². The summed E-state index contributed by atoms with van der Waals surface area (Å²) in [6.45, 7) is 0.382. The number of aliphatic hydroxyl groups excluding tert-OH is 1. The third-order valence-corrected chi connectivity index (χ3v) is 5.74. The predicted octanol–water partition coefficient (Wildman–Crippen LogP) is 3.98. The summed E-state index contributed by atoms with van der Waals surface area (Å²) in [6.07, 6.45) is 8.79. The highest BCUT2D eigenvalue weighted by atomic mass is 19.1. The van der Waals surface area contributed by atoms with Gasteiger partial charge in [-0.05, 0) is 55.4 Å². The second-order valence-corrected chi connectivity index (χ2v) is 7.90. The quantitative estimate of drug-likeness (QED) is 0.734. The molecule has 0 bridgehead atoms. The Bertz CT molecular complexity index is 830. The van der Waals surface area contributed by atoms with Crippen molar-refractivity contribution in [2.75, 3.05) is 13.2 Å². The lowest BCUT2D eigenvalue weighted by Gasteiger charge is -2.38. The maximum atomic E-state index is 13.4. The first-order valence-corrected chi connectivity index (χ1v) is 9.91. The van der Waals surface area contributed by atoms with Crippen molar-refractivity contribution in [3.05, 3.63) is 54.1 Å². The average molecular weight is 384 g/mol. The number of halogens is 1. The van der Waals surface area contributed by atoms with Crippen molar-refractivity contribution >= 4 is 5.91 Å². The lowest BCUT2D eigenvalue weighted by Crippen LogP contribution is -2.52. The van der Waals surface area contributed by atoms with Crippen molar-refractivity contribution < 1.29 is 19.1 Å². The molecule has 2 saturated carbocycles. The van der Waals surface area contributed by atoms with Gasteiger partial charge in [0, 0.05) is 18.0 Å². The van der Waals surface area contributed by atoms with Crippen LogP contribution in [-0.4, -0.2) is 39.8 Å². The van der Waals surface area contributed by atoms with Crippen molar-refractivity contribution in [2.24, 2.45) is 5.92 Å². The highest BCUT2D eigenvalue weighted by molar-refractivity contribution is 5.95. The molecule has 2 aliphatic carbocycles. The smallest absolute Gasteiger partial charge is 0.279 e. The van der Waals surface area contributed by atoms with Crippen molar-refractivity contribution in [3.63, 3.8) is 0 Å². The number of carbonyl (C=O) groups excluding carboxylic acids is 1. The van der Waals surface area contributed by atoms with E-state index in [-0.39, 0.29) is 18.3 Å². The molecule has 0 radical (unpaired) electrons. The Hall–Kier alpha value is -2.31. The second kappa shape index (κ2) is 7.97. The van der Waals surface area contributed by atoms with Gasteiger partial charge in [0.05, 0.1) is 24.3 Å². The molecule has 0 atom stereocenters. The molecule has 0 aliphatic heterocycles. The zero-order valence-electron chi connectivity index (χ0n) is 15.8. The van der Waals surface area contributed by atoms with E-state index in [0.29, 0.717) is 18.1 Å². The van der Waals surface area contributed by atoms with Gasteiger partial charge >= 0.3 is 0 Å². The molecule has 0 unspecified atom stereocenters. The number of amides is 1. The van der Waals surface area contributed by atoms with Crippen LogP contribution >= 0.6 is 0 Å². The lowest BCUT2D eigenvalue weighted by atomic mass is 9.97. The van der Waals surface area contributed by atoms with Crippen LogP contribution in [0.2, 0.25) is 0 Å². The molecule has 1 aromatic carbocycles. The van der Waals surface area contributed by atoms with Gasteiger partial charge in [-0.2, -0.15) is 0 Å². The molecular weight excluding hydrogens is 359 g/mol. The summed E-state index contributed by atoms with van der Waals surface area (Å²) < 4.78 is 13.2. The molecule has 1 aromatic heterocycles. The summed E-state index contributed by atoms with van der Waals surface area (Å²) in [5.41, 5.74) is 1.25. The molecule has 28 heavy (non-hydrogen) atoms. The van der Waals surface area contributed by atoms with Gasteiger partial charge in [-0.25, -0.2) is 9.45 Å². The topological polar surface area (TPSA) is 62.7 Å². The first kappa shape index (κ1) is 19.0. The highest BCUT2D eigenvalue weighted by Crippen LogP contribution is 2.38. The van der Waals surface area contributed by atoms with E-state index in [1.54, 1.807) is 24.4 Å². The number of hydrogen-bond acceptors (Lipinski definition) is 4. The zero-order chi connectivity index (χ0) is 19.6. The second-order valence-electron chi connectivity index (χ2n) is 7.90. The largest absolute Gasteiger partial charge is 0.394 e. The summed E-state index contributed by atoms with van der Waals surface area (Å²) in [5.74, 6) is -0.0982. The maximum Gasteiger partial charge on any atom is 0.279 e. The van der Waals surface area contributed by atoms with E-state index in [1.165, 1.54) is 23.4 Å². The monoisotopic (exact) mass is 384 g/mol. The summed E-state index contributed by atoms with van der Waals surface area (Å²) in [7, 11) is 0. The average Bonchev–Trinajstić information content (AvgIpc) is 3.43. The Labute approximate surface area is 164 Å². The number of pyridine rings is 1. The molecule has 1 amide bonds. The van der Waals surface area contributed by atoms with Gasteiger partial charge in [-0.3, -0.25) is 14.6 Å². The Balaban J connectivity index is 1.62. The molecule has 5 nitrogen and oxygen atoms in total. The van der Waals surface area contributed by atoms with Crippen LogP contribution in [0.25, 0.3) is 11.1 Å². The molecule has 4 rings (SSSR count). The molecule has 0 saturated heterocycles. The Morgan fingerprint density at radius 2 is 1.89 bits per heavy atom. The van der Waals surface area contributed by atoms with Crippen LogP contribution in [0, 0.1) is 11.7 Å². The van der Waals surface area contributed by atoms with E-state index >= 15 is 0 Å². The summed E-state index contributed by atoms with van der Waals surface area (Å²) >= 11 is 0. The number of nitrogens with zero attached hydrogens (tertiary/aromatic N) is 2. The Morgan fingerprint density at radius 1 is 1.18 bits per heavy atom. The standard InChI is InChI=1S/C22H25FN2O3/c23-20-7-5-17(6-8-20)18-11-19(13-24-12-18)21(27)25(28-14-16-3-4-16)22(15-26)9-1-2-10-22/h5-8,11-13,16,26H,1-4,9-10,14-15H2. The minimum atomic E-state index is -0.669. The zero-order valence-corrected chi connectivity index (χ0v) is 15.8. The van der Waals surface area contributed by atoms with E-state index in [4.69, 9.17) is 4.84 Å². The molecular formula is C22H25FN2O3. The fraction of sp³-hybridized carbons (Fsp3) is 0.455. The number of benzene rings is 1. The number of aliphatic hydroxyl groups is 1. The van der Waals surface area contributed by atoms with Crippen LogP contribution in [0.15, 0.2) is 42.7 Å². The van der Waals surface area contributed by atoms with Crippen LogP contribution in [0.3, 0.4) is 0 Å². The fourth-order valence-electron chi connectivity index (χ4n) is 3.81. The first-order chi connectivity index (χ1) is 13.6. The SMILES string of the molecule is O=C(c1cncc(-c2ccc(F)cc2)c1)N(OCC1CC1)C1(CO)CCCC1. The molecule has 2 fully saturated rings. The summed E-state index contributed by atoms with van der Waals surface area (Å²) in [6, 6.07) is 7.83. The van der Waals surface area contributed by atoms with Crippen LogP contribution in [0.5, 0.6) is 0 Å². The first-order valence-electron chi connectivity index (χ1n) is 9.91. The van der Waals surface area contributed by atoms with E-state index < -0.39 is 5.54 Å². The normalized spacial score (nSPS) is 18.2. The van der Waals surface area contributed by atoms with Gasteiger partial charge in [-0.1, -0.05) is 25.0 Å². The lowest BCUT2D eigenvalue weighted by molar-refractivity contribution is -0.196. The summed E-state index contributed by atoms with van der Waals surface area (Å²) in [4.78, 5) is 23.5. The maximum absolute atomic E-state index is 13.4. The minimum Gasteiger partial charge on any atom is -0.394 e. The minimum absolute atomic E-state index is 0.117. The molecule has 1 heterocycles. The van der Waals surface area contributed by atoms with Gasteiger partial charge in [0.1, 0.15) is 5.82 Å². The third kappa shape index (κ3) is 3.93. The van der Waals surface area contributed by atoms with Crippen molar-refractivity contribution in [1.29, 1.82) is 0 Å². The molecule has 148 valence electrons. The summed E-state index contributed by atoms with van der Waals surface area (Å²) in [5, 5.41) is 11.5. The number of carbonyl (C=O) groups is 1. The highest BCUT2D eigenvalue weighted by Gasteiger charge is 2.44. The molecule has 2 aromatic rings. The third-order valence-electron chi connectivity index (χ3n) is 5.74. The molecule has 0 spiro atoms. The Kier molecular flexibility index (Phi) is 5.42. The Morgan fingerprint density at radius 3 is 2.54 bits per heavy atom. The fourth-order valence-corrected chi connectivity index (χ4v) is 3.81. The van der Waals surface area contributed by atoms with Crippen molar-refractivity contribution in [1.82, 2.24) is 10.0 Å². The van der Waals surface area contributed by atoms with Gasteiger partial charge in [0.15, 0.2) is 0 Å². The van der Waals surface area contributed by atoms with Gasteiger partial charge in [-0.15, -0.1) is 0 Å². The number of aromatic nitrogens is 1. The molecule has 6 heteroatoms. The number of hydrogen-bond donors (Lipinski definition) is 1. The molecule has 2 aliphatic rings. The van der Waals surface area contributed by atoms with Gasteiger partial charge in [0.2, 0.25) is 0 Å². The van der Waals surface area contributed by atoms with E-state index in [2.05, 4.69) is 4.98 Å². The van der Waals surface area contributed by atoms with Crippen LogP contribution in [0.1, 0.15) is 48.9 Å². The van der Waals surface area contributed by atoms with Crippen molar-refractivity contribution in [2.45, 2.75) is 44.1 Å². The molecule has 1 N–H and O–H groups in total. The van der Waals surface area contributed by atoms with E-state index in [0.717, 1.165) is 49.7 Å². The van der Waals surface area contributed by atoms with Crippen molar-refractivity contribution in [3.8, 4) is 11.1 Å². The predicted molar refractivity (Wildman–Crippen MR) is 103 cm³/mol. The van der Waals surface area contributed by atoms with Gasteiger partial charge in [0.25, 0.3) is 5.91 Å². The van der Waals surface area contributed by atoms with E-state index in [1.807, 2.05) is 0 Å². The van der Waals surface area contributed by atoms with Crippen LogP contribution < -0.4 is 0 Å². The van der Waals surface area contributed by atoms with Crippen LogP contribution in [-0.2, 0) is 4.84 Å². The van der Waals surface area contributed by atoms with Gasteiger partial charge < -0.3 is 5.11 Å².